The molecule has 3 aromatic rings. The Bertz CT molecular complexity index is 1120. The van der Waals surface area contributed by atoms with Crippen LogP contribution in [0.25, 0.3) is 17.2 Å². The average molecular weight is 451 g/mol. The van der Waals surface area contributed by atoms with Gasteiger partial charge in [-0.05, 0) is 64.6 Å². The van der Waals surface area contributed by atoms with E-state index >= 15 is 0 Å². The van der Waals surface area contributed by atoms with Gasteiger partial charge in [-0.1, -0.05) is 32.1 Å². The van der Waals surface area contributed by atoms with Crippen molar-refractivity contribution in [2.45, 2.75) is 51.4 Å². The van der Waals surface area contributed by atoms with Gasteiger partial charge in [-0.25, -0.2) is 4.39 Å². The van der Waals surface area contributed by atoms with E-state index < -0.39 is 18.2 Å². The number of hydrogen-bond donors (Lipinski definition) is 1. The van der Waals surface area contributed by atoms with Gasteiger partial charge in [0.1, 0.15) is 24.3 Å². The van der Waals surface area contributed by atoms with Crippen LogP contribution >= 0.6 is 0 Å². The number of aliphatic hydroxyl groups excluding tert-OH is 1. The van der Waals surface area contributed by atoms with Gasteiger partial charge in [-0.3, -0.25) is 4.79 Å². The first-order chi connectivity index (χ1) is 15.9. The van der Waals surface area contributed by atoms with E-state index in [1.54, 1.807) is 30.7 Å². The van der Waals surface area contributed by atoms with E-state index in [2.05, 4.69) is 13.8 Å². The van der Waals surface area contributed by atoms with Gasteiger partial charge in [-0.15, -0.1) is 0 Å². The van der Waals surface area contributed by atoms with E-state index in [0.29, 0.717) is 18.8 Å². The lowest BCUT2D eigenvalue weighted by Gasteiger charge is -2.24. The number of hydrogen-bond acceptors (Lipinski definition) is 5. The zero-order valence-corrected chi connectivity index (χ0v) is 18.7. The van der Waals surface area contributed by atoms with Crippen LogP contribution in [0.1, 0.15) is 49.3 Å². The van der Waals surface area contributed by atoms with E-state index in [1.165, 1.54) is 12.1 Å². The Morgan fingerprint density at radius 2 is 2.00 bits per heavy atom. The minimum absolute atomic E-state index is 0.0190. The lowest BCUT2D eigenvalue weighted by atomic mass is 9.89. The molecule has 1 fully saturated rings. The molecule has 0 bridgehead atoms. The van der Waals surface area contributed by atoms with Gasteiger partial charge in [0, 0.05) is 12.0 Å². The van der Waals surface area contributed by atoms with Gasteiger partial charge in [0.15, 0.2) is 0 Å². The lowest BCUT2D eigenvalue weighted by molar-refractivity contribution is -0.156. The van der Waals surface area contributed by atoms with Crippen LogP contribution in [0.3, 0.4) is 0 Å². The van der Waals surface area contributed by atoms with Gasteiger partial charge in [0.05, 0.1) is 25.1 Å². The normalized spacial score (nSPS) is 18.6. The molecular weight excluding hydrogens is 423 g/mol. The van der Waals surface area contributed by atoms with Crippen LogP contribution in [0, 0.1) is 5.82 Å². The summed E-state index contributed by atoms with van der Waals surface area (Å²) in [6, 6.07) is 12.1. The Kier molecular flexibility index (Phi) is 6.94. The SMILES string of the molecule is CC(C)c1cc(OCc2ccoc2)cc(-c2ccc(F)cc2)c1/C=C/[C@@H]1C[C@@H](O)CC(=O)O1. The molecule has 6 heteroatoms. The van der Waals surface area contributed by atoms with Crippen molar-refractivity contribution in [3.63, 3.8) is 0 Å². The van der Waals surface area contributed by atoms with Crippen LogP contribution in [0.15, 0.2) is 65.5 Å². The van der Waals surface area contributed by atoms with Gasteiger partial charge >= 0.3 is 5.97 Å². The topological polar surface area (TPSA) is 68.9 Å². The van der Waals surface area contributed by atoms with Crippen molar-refractivity contribution in [2.24, 2.45) is 0 Å². The Hall–Kier alpha value is -3.38. The molecule has 2 atom stereocenters. The van der Waals surface area contributed by atoms with Gasteiger partial charge < -0.3 is 19.0 Å². The van der Waals surface area contributed by atoms with Crippen molar-refractivity contribution in [2.75, 3.05) is 0 Å². The number of benzene rings is 2. The fourth-order valence-electron chi connectivity index (χ4n) is 3.94. The summed E-state index contributed by atoms with van der Waals surface area (Å²) < 4.78 is 30.1. The second-order valence-corrected chi connectivity index (χ2v) is 8.54. The van der Waals surface area contributed by atoms with Gasteiger partial charge in [-0.2, -0.15) is 0 Å². The largest absolute Gasteiger partial charge is 0.489 e. The van der Waals surface area contributed by atoms with E-state index in [4.69, 9.17) is 13.9 Å². The second-order valence-electron chi connectivity index (χ2n) is 8.54. The molecule has 0 spiro atoms. The first-order valence-corrected chi connectivity index (χ1v) is 11.0. The fraction of sp³-hybridized carbons (Fsp3) is 0.296. The van der Waals surface area contributed by atoms with E-state index in [-0.39, 0.29) is 18.2 Å². The highest BCUT2D eigenvalue weighted by Gasteiger charge is 2.25. The van der Waals surface area contributed by atoms with Crippen molar-refractivity contribution in [1.29, 1.82) is 0 Å². The van der Waals surface area contributed by atoms with Crippen LogP contribution in [0.5, 0.6) is 5.75 Å². The summed E-state index contributed by atoms with van der Waals surface area (Å²) in [6.07, 6.45) is 6.14. The molecule has 1 N–H and O–H groups in total. The highest BCUT2D eigenvalue weighted by atomic mass is 19.1. The van der Waals surface area contributed by atoms with Gasteiger partial charge in [0.25, 0.3) is 0 Å². The zero-order valence-electron chi connectivity index (χ0n) is 18.7. The van der Waals surface area contributed by atoms with Crippen LogP contribution in [-0.2, 0) is 16.1 Å². The Morgan fingerprint density at radius 3 is 2.67 bits per heavy atom. The van der Waals surface area contributed by atoms with Crippen molar-refractivity contribution in [3.05, 3.63) is 83.6 Å². The Labute approximate surface area is 192 Å². The molecule has 0 aliphatic carbocycles. The van der Waals surface area contributed by atoms with Crippen molar-refractivity contribution >= 4 is 12.0 Å². The molecule has 0 unspecified atom stereocenters. The highest BCUT2D eigenvalue weighted by Crippen LogP contribution is 2.36. The molecule has 1 aliphatic heterocycles. The van der Waals surface area contributed by atoms with E-state index in [0.717, 1.165) is 27.8 Å². The maximum atomic E-state index is 13.6. The molecule has 1 aromatic heterocycles. The number of carbonyl (C=O) groups is 1. The molecule has 5 nitrogen and oxygen atoms in total. The summed E-state index contributed by atoms with van der Waals surface area (Å²) >= 11 is 0. The molecular formula is C27H27FO5. The molecule has 33 heavy (non-hydrogen) atoms. The number of aliphatic hydroxyl groups is 1. The molecule has 0 saturated carbocycles. The maximum Gasteiger partial charge on any atom is 0.309 e. The summed E-state index contributed by atoms with van der Waals surface area (Å²) in [4.78, 5) is 11.7. The summed E-state index contributed by atoms with van der Waals surface area (Å²) in [5, 5.41) is 9.93. The predicted molar refractivity (Wildman–Crippen MR) is 123 cm³/mol. The number of halogens is 1. The van der Waals surface area contributed by atoms with Crippen molar-refractivity contribution < 1.29 is 28.2 Å². The van der Waals surface area contributed by atoms with Gasteiger partial charge in [0.2, 0.25) is 0 Å². The third-order valence-electron chi connectivity index (χ3n) is 5.62. The van der Waals surface area contributed by atoms with E-state index in [9.17, 15) is 14.3 Å². The quantitative estimate of drug-likeness (QED) is 0.456. The minimum Gasteiger partial charge on any atom is -0.489 e. The summed E-state index contributed by atoms with van der Waals surface area (Å²) in [6.45, 7) is 4.54. The molecule has 0 amide bonds. The van der Waals surface area contributed by atoms with Crippen LogP contribution in [0.4, 0.5) is 4.39 Å². The summed E-state index contributed by atoms with van der Waals surface area (Å²) in [7, 11) is 0. The van der Waals surface area contributed by atoms with Crippen LogP contribution < -0.4 is 4.74 Å². The molecule has 172 valence electrons. The Morgan fingerprint density at radius 1 is 1.21 bits per heavy atom. The molecule has 4 rings (SSSR count). The first kappa shape index (κ1) is 22.8. The number of ether oxygens (including phenoxy) is 2. The molecule has 1 saturated heterocycles. The summed E-state index contributed by atoms with van der Waals surface area (Å²) in [5.74, 6) is 0.140. The van der Waals surface area contributed by atoms with Crippen LogP contribution in [0.2, 0.25) is 0 Å². The molecule has 1 aliphatic rings. The monoisotopic (exact) mass is 450 g/mol. The first-order valence-electron chi connectivity index (χ1n) is 11.0. The number of esters is 1. The predicted octanol–water partition coefficient (Wildman–Crippen LogP) is 5.87. The highest BCUT2D eigenvalue weighted by molar-refractivity contribution is 5.79. The second kappa shape index (κ2) is 10.0. The van der Waals surface area contributed by atoms with Crippen molar-refractivity contribution in [1.82, 2.24) is 0 Å². The Balaban J connectivity index is 1.74. The zero-order chi connectivity index (χ0) is 23.4. The molecule has 0 radical (unpaired) electrons. The number of carbonyl (C=O) groups excluding carboxylic acids is 1. The standard InChI is InChI=1S/C27H27FO5/c1-17(2)25-13-23(32-16-18-9-10-31-15-18)14-26(19-3-5-20(28)6-4-19)24(25)8-7-22-11-21(29)12-27(30)33-22/h3-10,13-15,17,21-22,29H,11-12,16H2,1-2H3/b8-7+/t21-,22-/m1/s1. The number of furan rings is 1. The van der Waals surface area contributed by atoms with Crippen LogP contribution in [-0.4, -0.2) is 23.3 Å². The van der Waals surface area contributed by atoms with Crippen molar-refractivity contribution in [3.8, 4) is 16.9 Å². The lowest BCUT2D eigenvalue weighted by Crippen LogP contribution is -2.31. The third kappa shape index (κ3) is 5.71. The smallest absolute Gasteiger partial charge is 0.309 e. The number of rotatable bonds is 7. The average Bonchev–Trinajstić information content (AvgIpc) is 3.29. The fourth-order valence-corrected chi connectivity index (χ4v) is 3.94. The minimum atomic E-state index is -0.708. The third-order valence-corrected chi connectivity index (χ3v) is 5.62. The maximum absolute atomic E-state index is 13.6. The summed E-state index contributed by atoms with van der Waals surface area (Å²) in [5.41, 5.74) is 4.61. The molecule has 2 aromatic carbocycles. The van der Waals surface area contributed by atoms with E-state index in [1.807, 2.05) is 24.3 Å². The number of cyclic esters (lactones) is 1. The molecule has 2 heterocycles.